The molecular formula is C15H20O3. The van der Waals surface area contributed by atoms with Crippen molar-refractivity contribution in [2.75, 3.05) is 13.7 Å². The number of aliphatic hydroxyl groups is 1. The third-order valence-electron chi connectivity index (χ3n) is 4.26. The van der Waals surface area contributed by atoms with Crippen molar-refractivity contribution < 1.29 is 14.6 Å². The van der Waals surface area contributed by atoms with Gasteiger partial charge in [-0.1, -0.05) is 6.07 Å². The summed E-state index contributed by atoms with van der Waals surface area (Å²) in [6, 6.07) is 6.32. The molecule has 0 unspecified atom stereocenters. The largest absolute Gasteiger partial charge is 0.497 e. The van der Waals surface area contributed by atoms with Crippen molar-refractivity contribution in [3.8, 4) is 5.75 Å². The highest BCUT2D eigenvalue weighted by Gasteiger charge is 2.46. The average Bonchev–Trinajstić information content (AvgIpc) is 2.75. The Balaban J connectivity index is 2.00. The average molecular weight is 248 g/mol. The van der Waals surface area contributed by atoms with E-state index in [0.717, 1.165) is 37.9 Å². The third kappa shape index (κ3) is 1.82. The first-order valence-electron chi connectivity index (χ1n) is 6.73. The lowest BCUT2D eigenvalue weighted by molar-refractivity contribution is -0.0654. The zero-order chi connectivity index (χ0) is 12.6. The lowest BCUT2D eigenvalue weighted by Gasteiger charge is -2.36. The molecular weight excluding hydrogens is 228 g/mol. The van der Waals surface area contributed by atoms with Gasteiger partial charge in [0.1, 0.15) is 5.75 Å². The first kappa shape index (κ1) is 12.0. The molecule has 0 spiro atoms. The second kappa shape index (κ2) is 4.56. The molecule has 1 aromatic rings. The lowest BCUT2D eigenvalue weighted by atomic mass is 9.83. The molecule has 1 saturated heterocycles. The molecule has 1 aromatic carbocycles. The molecule has 3 nitrogen and oxygen atoms in total. The Morgan fingerprint density at radius 1 is 1.50 bits per heavy atom. The monoisotopic (exact) mass is 248 g/mol. The number of methoxy groups -OCH3 is 1. The number of hydrogen-bond acceptors (Lipinski definition) is 3. The Morgan fingerprint density at radius 3 is 3.17 bits per heavy atom. The van der Waals surface area contributed by atoms with Crippen molar-refractivity contribution in [2.24, 2.45) is 0 Å². The van der Waals surface area contributed by atoms with Gasteiger partial charge < -0.3 is 14.6 Å². The van der Waals surface area contributed by atoms with E-state index in [0.29, 0.717) is 6.10 Å². The predicted molar refractivity (Wildman–Crippen MR) is 68.8 cm³/mol. The highest BCUT2D eigenvalue weighted by atomic mass is 16.5. The summed E-state index contributed by atoms with van der Waals surface area (Å²) in [5.74, 6) is 0.895. The van der Waals surface area contributed by atoms with Gasteiger partial charge in [0.15, 0.2) is 0 Å². The minimum atomic E-state index is -0.171. The number of rotatable bonds is 4. The quantitative estimate of drug-likeness (QED) is 0.889. The summed E-state index contributed by atoms with van der Waals surface area (Å²) in [4.78, 5) is 0. The van der Waals surface area contributed by atoms with E-state index in [4.69, 9.17) is 14.6 Å². The Kier molecular flexibility index (Phi) is 3.04. The van der Waals surface area contributed by atoms with Crippen LogP contribution in [0.2, 0.25) is 0 Å². The molecule has 0 aliphatic carbocycles. The summed E-state index contributed by atoms with van der Waals surface area (Å²) >= 11 is 0. The minimum absolute atomic E-state index is 0.171. The molecule has 3 heteroatoms. The van der Waals surface area contributed by atoms with E-state index in [1.54, 1.807) is 7.11 Å². The highest BCUT2D eigenvalue weighted by molar-refractivity contribution is 5.42. The number of hydrogen-bond donors (Lipinski definition) is 1. The highest BCUT2D eigenvalue weighted by Crippen LogP contribution is 2.49. The normalized spacial score (nSPS) is 29.1. The predicted octanol–water partition coefficient (Wildman–Crippen LogP) is 2.40. The Bertz CT molecular complexity index is 443. The summed E-state index contributed by atoms with van der Waals surface area (Å²) in [6.07, 6.45) is 5.27. The van der Waals surface area contributed by atoms with Gasteiger partial charge in [-0.2, -0.15) is 0 Å². The number of fused-ring (bicyclic) bond motifs is 4. The second-order valence-electron chi connectivity index (χ2n) is 5.33. The fourth-order valence-corrected chi connectivity index (χ4v) is 3.39. The van der Waals surface area contributed by atoms with E-state index in [1.165, 1.54) is 11.1 Å². The van der Waals surface area contributed by atoms with Gasteiger partial charge in [0, 0.05) is 6.61 Å². The van der Waals surface area contributed by atoms with Crippen molar-refractivity contribution in [2.45, 2.75) is 43.8 Å². The topological polar surface area (TPSA) is 38.7 Å². The third-order valence-corrected chi connectivity index (χ3v) is 4.26. The lowest BCUT2D eigenvalue weighted by Crippen LogP contribution is -2.33. The van der Waals surface area contributed by atoms with Crippen molar-refractivity contribution in [3.63, 3.8) is 0 Å². The molecule has 2 atom stereocenters. The van der Waals surface area contributed by atoms with Crippen LogP contribution in [0.15, 0.2) is 18.2 Å². The van der Waals surface area contributed by atoms with E-state index in [2.05, 4.69) is 12.1 Å². The fraction of sp³-hybridized carbons (Fsp3) is 0.600. The Labute approximate surface area is 108 Å². The van der Waals surface area contributed by atoms with Gasteiger partial charge in [-0.3, -0.25) is 0 Å². The summed E-state index contributed by atoms with van der Waals surface area (Å²) < 4.78 is 11.6. The van der Waals surface area contributed by atoms with E-state index >= 15 is 0 Å². The summed E-state index contributed by atoms with van der Waals surface area (Å²) in [6.45, 7) is 0.231. The van der Waals surface area contributed by atoms with E-state index in [9.17, 15) is 0 Å². The molecule has 0 aromatic heterocycles. The van der Waals surface area contributed by atoms with Gasteiger partial charge in [-0.05, 0) is 55.4 Å². The summed E-state index contributed by atoms with van der Waals surface area (Å²) in [5, 5.41) is 9.09. The zero-order valence-electron chi connectivity index (χ0n) is 10.8. The molecule has 98 valence electrons. The van der Waals surface area contributed by atoms with Crippen LogP contribution in [0.25, 0.3) is 0 Å². The van der Waals surface area contributed by atoms with Crippen molar-refractivity contribution >= 4 is 0 Å². The van der Waals surface area contributed by atoms with Crippen molar-refractivity contribution in [1.82, 2.24) is 0 Å². The van der Waals surface area contributed by atoms with Crippen LogP contribution in [0.1, 0.15) is 36.8 Å². The van der Waals surface area contributed by atoms with Gasteiger partial charge in [0.25, 0.3) is 0 Å². The molecule has 2 aliphatic heterocycles. The van der Waals surface area contributed by atoms with Crippen LogP contribution in [0.3, 0.4) is 0 Å². The molecule has 2 aliphatic rings. The van der Waals surface area contributed by atoms with Gasteiger partial charge in [-0.25, -0.2) is 0 Å². The first-order chi connectivity index (χ1) is 8.77. The van der Waals surface area contributed by atoms with Crippen molar-refractivity contribution in [1.29, 1.82) is 0 Å². The van der Waals surface area contributed by atoms with Crippen LogP contribution in [-0.2, 0) is 16.8 Å². The number of benzene rings is 1. The van der Waals surface area contributed by atoms with Crippen LogP contribution in [0.5, 0.6) is 5.75 Å². The number of aliphatic hydroxyl groups excluding tert-OH is 1. The van der Waals surface area contributed by atoms with E-state index in [1.807, 2.05) is 6.07 Å². The fourth-order valence-electron chi connectivity index (χ4n) is 3.39. The molecule has 1 N–H and O–H groups in total. The van der Waals surface area contributed by atoms with Crippen LogP contribution in [-0.4, -0.2) is 24.9 Å². The molecule has 2 bridgehead atoms. The van der Waals surface area contributed by atoms with Crippen LogP contribution < -0.4 is 4.74 Å². The molecule has 3 rings (SSSR count). The van der Waals surface area contributed by atoms with Gasteiger partial charge in [-0.15, -0.1) is 0 Å². The van der Waals surface area contributed by atoms with Gasteiger partial charge in [0.05, 0.1) is 18.8 Å². The van der Waals surface area contributed by atoms with E-state index < -0.39 is 0 Å². The molecule has 0 saturated carbocycles. The molecule has 18 heavy (non-hydrogen) atoms. The van der Waals surface area contributed by atoms with Gasteiger partial charge >= 0.3 is 0 Å². The van der Waals surface area contributed by atoms with Crippen LogP contribution >= 0.6 is 0 Å². The molecule has 0 radical (unpaired) electrons. The summed E-state index contributed by atoms with van der Waals surface area (Å²) in [5.41, 5.74) is 2.50. The molecule has 0 amide bonds. The number of ether oxygens (including phenoxy) is 2. The minimum Gasteiger partial charge on any atom is -0.497 e. The molecule has 2 heterocycles. The van der Waals surface area contributed by atoms with Crippen LogP contribution in [0, 0.1) is 0 Å². The van der Waals surface area contributed by atoms with E-state index in [-0.39, 0.29) is 12.2 Å². The first-order valence-corrected chi connectivity index (χ1v) is 6.73. The molecule has 1 fully saturated rings. The summed E-state index contributed by atoms with van der Waals surface area (Å²) in [7, 11) is 1.70. The Hall–Kier alpha value is -1.06. The maximum Gasteiger partial charge on any atom is 0.119 e. The smallest absolute Gasteiger partial charge is 0.119 e. The Morgan fingerprint density at radius 2 is 2.39 bits per heavy atom. The SMILES string of the molecule is COc1ccc2c(c1)[C@]1(CCCO)CC[C@H](C2)O1. The van der Waals surface area contributed by atoms with Crippen LogP contribution in [0.4, 0.5) is 0 Å². The second-order valence-corrected chi connectivity index (χ2v) is 5.33. The van der Waals surface area contributed by atoms with Crippen molar-refractivity contribution in [3.05, 3.63) is 29.3 Å². The maximum absolute atomic E-state index is 9.09. The standard InChI is InChI=1S/C15H20O3/c1-17-12-4-3-11-9-13-5-7-15(18-13,6-2-8-16)14(11)10-12/h3-4,10,13,16H,2,5-9H2,1H3/t13-,15+/m1/s1. The zero-order valence-corrected chi connectivity index (χ0v) is 10.8. The maximum atomic E-state index is 9.09. The van der Waals surface area contributed by atoms with Gasteiger partial charge in [0.2, 0.25) is 0 Å².